The molecule has 3 nitrogen and oxygen atoms in total. The molecule has 1 aliphatic rings. The zero-order valence-corrected chi connectivity index (χ0v) is 8.62. The Bertz CT molecular complexity index is 178. The van der Waals surface area contributed by atoms with Crippen molar-refractivity contribution in [1.82, 2.24) is 4.90 Å². The van der Waals surface area contributed by atoms with Crippen LogP contribution < -0.4 is 5.73 Å². The number of primary amides is 1. The van der Waals surface area contributed by atoms with E-state index in [0.717, 1.165) is 19.4 Å². The van der Waals surface area contributed by atoms with Crippen molar-refractivity contribution in [2.45, 2.75) is 51.6 Å². The number of amides is 1. The molecule has 76 valence electrons. The molecule has 0 aromatic carbocycles. The maximum absolute atomic E-state index is 11.2. The lowest BCUT2D eigenvalue weighted by molar-refractivity contribution is -0.123. The van der Waals surface area contributed by atoms with Gasteiger partial charge in [-0.3, -0.25) is 9.69 Å². The Morgan fingerprint density at radius 2 is 2.15 bits per heavy atom. The van der Waals surface area contributed by atoms with Crippen LogP contribution in [0.25, 0.3) is 0 Å². The quantitative estimate of drug-likeness (QED) is 0.672. The molecular formula is C10H20N2O. The van der Waals surface area contributed by atoms with Crippen LogP contribution in [0.3, 0.4) is 0 Å². The van der Waals surface area contributed by atoms with E-state index in [2.05, 4.69) is 11.8 Å². The molecule has 2 N–H and O–H groups in total. The third kappa shape index (κ3) is 2.69. The lowest BCUT2D eigenvalue weighted by Crippen LogP contribution is -2.45. The summed E-state index contributed by atoms with van der Waals surface area (Å²) in [5.74, 6) is -0.164. The summed E-state index contributed by atoms with van der Waals surface area (Å²) in [7, 11) is 0. The second-order valence-electron chi connectivity index (χ2n) is 3.80. The Balaban J connectivity index is 2.54. The molecule has 1 saturated carbocycles. The zero-order valence-electron chi connectivity index (χ0n) is 8.62. The van der Waals surface area contributed by atoms with E-state index in [1.807, 2.05) is 6.92 Å². The van der Waals surface area contributed by atoms with Gasteiger partial charge in [-0.15, -0.1) is 0 Å². The summed E-state index contributed by atoms with van der Waals surface area (Å²) in [6.45, 7) is 5.18. The molecule has 1 unspecified atom stereocenters. The van der Waals surface area contributed by atoms with Gasteiger partial charge in [0.15, 0.2) is 0 Å². The highest BCUT2D eigenvalue weighted by atomic mass is 16.1. The molecule has 0 aromatic rings. The number of nitrogens with zero attached hydrogens (tertiary/aromatic N) is 1. The van der Waals surface area contributed by atoms with Crippen molar-refractivity contribution in [3.63, 3.8) is 0 Å². The van der Waals surface area contributed by atoms with Crippen LogP contribution in [0.15, 0.2) is 0 Å². The number of hydrogen-bond acceptors (Lipinski definition) is 2. The molecule has 1 rings (SSSR count). The minimum Gasteiger partial charge on any atom is -0.368 e. The first kappa shape index (κ1) is 10.5. The maximum Gasteiger partial charge on any atom is 0.234 e. The fourth-order valence-corrected chi connectivity index (χ4v) is 1.86. The molecule has 0 radical (unpaired) electrons. The molecule has 0 aromatic heterocycles. The van der Waals surface area contributed by atoms with E-state index in [0.29, 0.717) is 6.04 Å². The SMILES string of the molecule is CCCN(C1CC1)C(CC)C(N)=O. The van der Waals surface area contributed by atoms with Crippen LogP contribution >= 0.6 is 0 Å². The van der Waals surface area contributed by atoms with E-state index < -0.39 is 0 Å². The predicted octanol–water partition coefficient (Wildman–Crippen LogP) is 1.12. The van der Waals surface area contributed by atoms with Gasteiger partial charge < -0.3 is 5.73 Å². The van der Waals surface area contributed by atoms with Crippen LogP contribution in [0.5, 0.6) is 0 Å². The minimum absolute atomic E-state index is 0.0348. The van der Waals surface area contributed by atoms with E-state index in [9.17, 15) is 4.79 Å². The van der Waals surface area contributed by atoms with E-state index in [-0.39, 0.29) is 11.9 Å². The van der Waals surface area contributed by atoms with Crippen molar-refractivity contribution in [2.24, 2.45) is 5.73 Å². The first-order valence-electron chi connectivity index (χ1n) is 5.25. The number of carbonyl (C=O) groups excluding carboxylic acids is 1. The standard InChI is InChI=1S/C10H20N2O/c1-3-7-12(8-5-6-8)9(4-2)10(11)13/h8-9H,3-7H2,1-2H3,(H2,11,13). The van der Waals surface area contributed by atoms with Gasteiger partial charge >= 0.3 is 0 Å². The van der Waals surface area contributed by atoms with Gasteiger partial charge in [0.2, 0.25) is 5.91 Å². The third-order valence-corrected chi connectivity index (χ3v) is 2.61. The lowest BCUT2D eigenvalue weighted by atomic mass is 10.1. The average Bonchev–Trinajstić information content (AvgIpc) is 2.86. The molecule has 1 aliphatic carbocycles. The molecule has 13 heavy (non-hydrogen) atoms. The Morgan fingerprint density at radius 3 is 2.46 bits per heavy atom. The Morgan fingerprint density at radius 1 is 1.54 bits per heavy atom. The van der Waals surface area contributed by atoms with Crippen LogP contribution in [-0.4, -0.2) is 29.4 Å². The van der Waals surface area contributed by atoms with E-state index in [1.54, 1.807) is 0 Å². The van der Waals surface area contributed by atoms with Crippen LogP contribution in [0.1, 0.15) is 39.5 Å². The largest absolute Gasteiger partial charge is 0.368 e. The van der Waals surface area contributed by atoms with Gasteiger partial charge in [-0.25, -0.2) is 0 Å². The monoisotopic (exact) mass is 184 g/mol. The normalized spacial score (nSPS) is 19.0. The fraction of sp³-hybridized carbons (Fsp3) is 0.900. The topological polar surface area (TPSA) is 46.3 Å². The summed E-state index contributed by atoms with van der Waals surface area (Å²) >= 11 is 0. The second-order valence-corrected chi connectivity index (χ2v) is 3.80. The van der Waals surface area contributed by atoms with E-state index in [4.69, 9.17) is 5.73 Å². The smallest absolute Gasteiger partial charge is 0.234 e. The van der Waals surface area contributed by atoms with Crippen molar-refractivity contribution in [1.29, 1.82) is 0 Å². The fourth-order valence-electron chi connectivity index (χ4n) is 1.86. The summed E-state index contributed by atoms with van der Waals surface area (Å²) in [6, 6.07) is 0.602. The summed E-state index contributed by atoms with van der Waals surface area (Å²) in [5, 5.41) is 0. The van der Waals surface area contributed by atoms with Gasteiger partial charge in [-0.2, -0.15) is 0 Å². The molecular weight excluding hydrogens is 164 g/mol. The van der Waals surface area contributed by atoms with Gasteiger partial charge in [0.1, 0.15) is 0 Å². The molecule has 0 heterocycles. The molecule has 1 fully saturated rings. The van der Waals surface area contributed by atoms with Crippen LogP contribution in [0, 0.1) is 0 Å². The highest BCUT2D eigenvalue weighted by molar-refractivity contribution is 5.79. The average molecular weight is 184 g/mol. The highest BCUT2D eigenvalue weighted by Crippen LogP contribution is 2.29. The van der Waals surface area contributed by atoms with Gasteiger partial charge in [0.05, 0.1) is 6.04 Å². The van der Waals surface area contributed by atoms with E-state index >= 15 is 0 Å². The Labute approximate surface area is 80.3 Å². The van der Waals surface area contributed by atoms with E-state index in [1.165, 1.54) is 12.8 Å². The van der Waals surface area contributed by atoms with Crippen LogP contribution in [0.4, 0.5) is 0 Å². The third-order valence-electron chi connectivity index (χ3n) is 2.61. The van der Waals surface area contributed by atoms with Gasteiger partial charge in [0.25, 0.3) is 0 Å². The first-order valence-corrected chi connectivity index (χ1v) is 5.25. The minimum atomic E-state index is -0.164. The summed E-state index contributed by atoms with van der Waals surface area (Å²) in [4.78, 5) is 13.4. The summed E-state index contributed by atoms with van der Waals surface area (Å²) in [6.07, 6.45) is 4.42. The van der Waals surface area contributed by atoms with Gasteiger partial charge in [-0.1, -0.05) is 13.8 Å². The predicted molar refractivity (Wildman–Crippen MR) is 53.3 cm³/mol. The molecule has 1 amide bonds. The maximum atomic E-state index is 11.2. The number of hydrogen-bond donors (Lipinski definition) is 1. The number of carbonyl (C=O) groups is 1. The molecule has 0 bridgehead atoms. The Kier molecular flexibility index (Phi) is 3.72. The lowest BCUT2D eigenvalue weighted by Gasteiger charge is -2.28. The zero-order chi connectivity index (χ0) is 9.84. The highest BCUT2D eigenvalue weighted by Gasteiger charge is 2.34. The Hall–Kier alpha value is -0.570. The van der Waals surface area contributed by atoms with Gasteiger partial charge in [0, 0.05) is 6.04 Å². The van der Waals surface area contributed by atoms with Crippen molar-refractivity contribution < 1.29 is 4.79 Å². The van der Waals surface area contributed by atoms with Crippen molar-refractivity contribution in [3.8, 4) is 0 Å². The number of nitrogens with two attached hydrogens (primary N) is 1. The van der Waals surface area contributed by atoms with Crippen molar-refractivity contribution in [2.75, 3.05) is 6.54 Å². The van der Waals surface area contributed by atoms with Gasteiger partial charge in [-0.05, 0) is 32.2 Å². The molecule has 3 heteroatoms. The first-order chi connectivity index (χ1) is 6.20. The van der Waals surface area contributed by atoms with Crippen LogP contribution in [-0.2, 0) is 4.79 Å². The summed E-state index contributed by atoms with van der Waals surface area (Å²) in [5.41, 5.74) is 5.36. The summed E-state index contributed by atoms with van der Waals surface area (Å²) < 4.78 is 0. The van der Waals surface area contributed by atoms with Crippen LogP contribution in [0.2, 0.25) is 0 Å². The number of rotatable bonds is 6. The molecule has 0 spiro atoms. The molecule has 1 atom stereocenters. The molecule has 0 aliphatic heterocycles. The second kappa shape index (κ2) is 4.61. The van der Waals surface area contributed by atoms with Crippen molar-refractivity contribution >= 4 is 5.91 Å². The molecule has 0 saturated heterocycles. The van der Waals surface area contributed by atoms with Crippen molar-refractivity contribution in [3.05, 3.63) is 0 Å².